The summed E-state index contributed by atoms with van der Waals surface area (Å²) in [4.78, 5) is 16.6. The van der Waals surface area contributed by atoms with Crippen molar-refractivity contribution in [3.63, 3.8) is 0 Å². The van der Waals surface area contributed by atoms with Gasteiger partial charge in [0, 0.05) is 28.9 Å². The first kappa shape index (κ1) is 17.4. The third kappa shape index (κ3) is 3.44. The molecule has 1 aromatic carbocycles. The van der Waals surface area contributed by atoms with Gasteiger partial charge in [-0.25, -0.2) is 18.1 Å². The maximum atomic E-state index is 12.8. The molecule has 0 bridgehead atoms. The standard InChI is InChI=1S/C18H19N3O3S2/c22-18-15(11-17-19-8-9-25-17)14-10-13(6-7-16(14)20-18)26(23,24)21-12-4-2-1-3-5-12/h6-12,21H,1-5H2,(H,20,22)/b15-11+. The SMILES string of the molecule is O=C1Nc2ccc(S(=O)(=O)NC3CCCCC3)cc2/C1=C\c1nccs1. The number of nitrogens with zero attached hydrogens (tertiary/aromatic N) is 1. The van der Waals surface area contributed by atoms with E-state index in [1.165, 1.54) is 17.4 Å². The maximum absolute atomic E-state index is 12.8. The Bertz CT molecular complexity index is 960. The maximum Gasteiger partial charge on any atom is 0.256 e. The highest BCUT2D eigenvalue weighted by Gasteiger charge is 2.28. The third-order valence-corrected chi connectivity index (χ3v) is 6.97. The van der Waals surface area contributed by atoms with Crippen LogP contribution >= 0.6 is 11.3 Å². The Morgan fingerprint density at radius 1 is 1.23 bits per heavy atom. The second-order valence-corrected chi connectivity index (χ2v) is 9.19. The summed E-state index contributed by atoms with van der Waals surface area (Å²) in [6.45, 7) is 0. The number of nitrogens with one attached hydrogen (secondary N) is 2. The van der Waals surface area contributed by atoms with Crippen LogP contribution < -0.4 is 10.0 Å². The lowest BCUT2D eigenvalue weighted by molar-refractivity contribution is -0.110. The van der Waals surface area contributed by atoms with Crippen LogP contribution in [0, 0.1) is 0 Å². The highest BCUT2D eigenvalue weighted by Crippen LogP contribution is 2.35. The smallest absolute Gasteiger partial charge is 0.256 e. The van der Waals surface area contributed by atoms with E-state index < -0.39 is 10.0 Å². The number of fused-ring (bicyclic) bond motifs is 1. The van der Waals surface area contributed by atoms with Gasteiger partial charge in [0.2, 0.25) is 10.0 Å². The molecular formula is C18H19N3O3S2. The third-order valence-electron chi connectivity index (χ3n) is 4.73. The van der Waals surface area contributed by atoms with Crippen LogP contribution in [0.2, 0.25) is 0 Å². The molecule has 1 aliphatic heterocycles. The fourth-order valence-corrected chi connectivity index (χ4v) is 5.31. The van der Waals surface area contributed by atoms with Crippen molar-refractivity contribution in [2.45, 2.75) is 43.0 Å². The van der Waals surface area contributed by atoms with Crippen LogP contribution in [0.25, 0.3) is 11.6 Å². The molecular weight excluding hydrogens is 370 g/mol. The lowest BCUT2D eigenvalue weighted by atomic mass is 9.96. The van der Waals surface area contributed by atoms with Crippen LogP contribution in [-0.2, 0) is 14.8 Å². The topological polar surface area (TPSA) is 88.2 Å². The molecule has 0 atom stereocenters. The van der Waals surface area contributed by atoms with E-state index in [1.807, 2.05) is 5.38 Å². The summed E-state index contributed by atoms with van der Waals surface area (Å²) in [7, 11) is -3.61. The van der Waals surface area contributed by atoms with Gasteiger partial charge in [-0.05, 0) is 37.1 Å². The van der Waals surface area contributed by atoms with Gasteiger partial charge in [0.05, 0.1) is 10.5 Å². The van der Waals surface area contributed by atoms with Gasteiger partial charge >= 0.3 is 0 Å². The zero-order valence-corrected chi connectivity index (χ0v) is 15.7. The second kappa shape index (κ2) is 6.94. The molecule has 8 heteroatoms. The van der Waals surface area contributed by atoms with Crippen LogP contribution in [0.1, 0.15) is 42.7 Å². The molecule has 2 heterocycles. The minimum absolute atomic E-state index is 0.00732. The van der Waals surface area contributed by atoms with Crippen molar-refractivity contribution in [2.75, 3.05) is 5.32 Å². The van der Waals surface area contributed by atoms with Gasteiger partial charge in [-0.1, -0.05) is 19.3 Å². The Labute approximate surface area is 156 Å². The molecule has 0 saturated heterocycles. The number of rotatable bonds is 4. The number of carbonyl (C=O) groups excluding carboxylic acids is 1. The lowest BCUT2D eigenvalue weighted by Gasteiger charge is -2.22. The van der Waals surface area contributed by atoms with Crippen LogP contribution in [0.5, 0.6) is 0 Å². The largest absolute Gasteiger partial charge is 0.321 e. The fourth-order valence-electron chi connectivity index (χ4n) is 3.41. The number of thiazole rings is 1. The fraction of sp³-hybridized carbons (Fsp3) is 0.333. The van der Waals surface area contributed by atoms with Crippen LogP contribution in [0.15, 0.2) is 34.7 Å². The van der Waals surface area contributed by atoms with E-state index in [2.05, 4.69) is 15.0 Å². The molecule has 1 saturated carbocycles. The molecule has 0 spiro atoms. The zero-order valence-electron chi connectivity index (χ0n) is 14.1. The van der Waals surface area contributed by atoms with E-state index in [1.54, 1.807) is 24.4 Å². The highest BCUT2D eigenvalue weighted by molar-refractivity contribution is 7.89. The molecule has 1 aliphatic carbocycles. The molecule has 6 nitrogen and oxygen atoms in total. The summed E-state index contributed by atoms with van der Waals surface area (Å²) in [5.41, 5.74) is 1.65. The number of carbonyl (C=O) groups is 1. The first-order valence-corrected chi connectivity index (χ1v) is 11.0. The highest BCUT2D eigenvalue weighted by atomic mass is 32.2. The summed E-state index contributed by atoms with van der Waals surface area (Å²) in [6.07, 6.45) is 8.37. The summed E-state index contributed by atoms with van der Waals surface area (Å²) in [5.74, 6) is -0.245. The molecule has 1 aromatic heterocycles. The molecule has 2 N–H and O–H groups in total. The first-order valence-electron chi connectivity index (χ1n) is 8.62. The minimum Gasteiger partial charge on any atom is -0.321 e. The van der Waals surface area contributed by atoms with Gasteiger partial charge in [0.15, 0.2) is 0 Å². The summed E-state index contributed by atoms with van der Waals surface area (Å²) in [5, 5.41) is 5.31. The van der Waals surface area contributed by atoms with Crippen molar-refractivity contribution in [3.8, 4) is 0 Å². The van der Waals surface area contributed by atoms with Crippen LogP contribution in [-0.4, -0.2) is 25.4 Å². The molecule has 2 aromatic rings. The normalized spacial score (nSPS) is 19.5. The molecule has 1 fully saturated rings. The second-order valence-electron chi connectivity index (χ2n) is 6.55. The number of hydrogen-bond acceptors (Lipinski definition) is 5. The Morgan fingerprint density at radius 2 is 2.04 bits per heavy atom. The van der Waals surface area contributed by atoms with Gasteiger partial charge in [0.25, 0.3) is 5.91 Å². The van der Waals surface area contributed by atoms with E-state index >= 15 is 0 Å². The average molecular weight is 390 g/mol. The molecule has 2 aliphatic rings. The van der Waals surface area contributed by atoms with Crippen molar-refractivity contribution in [3.05, 3.63) is 40.3 Å². The summed E-state index contributed by atoms with van der Waals surface area (Å²) >= 11 is 1.42. The number of anilines is 1. The first-order chi connectivity index (χ1) is 12.5. The average Bonchev–Trinajstić information content (AvgIpc) is 3.24. The number of aromatic nitrogens is 1. The van der Waals surface area contributed by atoms with Crippen molar-refractivity contribution >= 4 is 44.6 Å². The van der Waals surface area contributed by atoms with Gasteiger partial charge in [-0.3, -0.25) is 4.79 Å². The van der Waals surface area contributed by atoms with Crippen LogP contribution in [0.4, 0.5) is 5.69 Å². The van der Waals surface area contributed by atoms with E-state index in [9.17, 15) is 13.2 Å². The number of amides is 1. The minimum atomic E-state index is -3.61. The summed E-state index contributed by atoms with van der Waals surface area (Å²) in [6, 6.07) is 4.74. The molecule has 1 amide bonds. The lowest BCUT2D eigenvalue weighted by Crippen LogP contribution is -2.36. The number of sulfonamides is 1. The Hall–Kier alpha value is -2.03. The number of hydrogen-bond donors (Lipinski definition) is 2. The van der Waals surface area contributed by atoms with Gasteiger partial charge in [-0.15, -0.1) is 11.3 Å². The Morgan fingerprint density at radius 3 is 2.77 bits per heavy atom. The monoisotopic (exact) mass is 389 g/mol. The van der Waals surface area contributed by atoms with Crippen molar-refractivity contribution in [1.82, 2.24) is 9.71 Å². The molecule has 4 rings (SSSR count). The Balaban J connectivity index is 1.66. The zero-order chi connectivity index (χ0) is 18.1. The van der Waals surface area contributed by atoms with Gasteiger partial charge in [-0.2, -0.15) is 0 Å². The predicted molar refractivity (Wildman–Crippen MR) is 102 cm³/mol. The molecule has 26 heavy (non-hydrogen) atoms. The van der Waals surface area contributed by atoms with Gasteiger partial charge < -0.3 is 5.32 Å². The van der Waals surface area contributed by atoms with E-state index in [4.69, 9.17) is 0 Å². The van der Waals surface area contributed by atoms with Crippen molar-refractivity contribution in [2.24, 2.45) is 0 Å². The summed E-state index contributed by atoms with van der Waals surface area (Å²) < 4.78 is 28.3. The quantitative estimate of drug-likeness (QED) is 0.786. The van der Waals surface area contributed by atoms with E-state index in [0.29, 0.717) is 21.8 Å². The van der Waals surface area contributed by atoms with Gasteiger partial charge in [0.1, 0.15) is 5.01 Å². The molecule has 0 radical (unpaired) electrons. The van der Waals surface area contributed by atoms with E-state index in [-0.39, 0.29) is 16.8 Å². The van der Waals surface area contributed by atoms with E-state index in [0.717, 1.165) is 32.1 Å². The molecule has 136 valence electrons. The predicted octanol–water partition coefficient (Wildman–Crippen LogP) is 3.25. The Kier molecular flexibility index (Phi) is 4.64. The van der Waals surface area contributed by atoms with Crippen LogP contribution in [0.3, 0.4) is 0 Å². The number of benzene rings is 1. The van der Waals surface area contributed by atoms with Crippen molar-refractivity contribution in [1.29, 1.82) is 0 Å². The van der Waals surface area contributed by atoms with Crippen molar-refractivity contribution < 1.29 is 13.2 Å². The molecule has 0 unspecified atom stereocenters.